The van der Waals surface area contributed by atoms with Crippen molar-refractivity contribution in [1.82, 2.24) is 14.8 Å². The van der Waals surface area contributed by atoms with Crippen molar-refractivity contribution in [2.24, 2.45) is 0 Å². The predicted octanol–water partition coefficient (Wildman–Crippen LogP) is 5.03. The van der Waals surface area contributed by atoms with Gasteiger partial charge >= 0.3 is 0 Å². The fourth-order valence-electron chi connectivity index (χ4n) is 5.39. The maximum atomic E-state index is 13.9. The van der Waals surface area contributed by atoms with Gasteiger partial charge in [-0.25, -0.2) is 0 Å². The number of aromatic nitrogens is 1. The molecule has 6 nitrogen and oxygen atoms in total. The van der Waals surface area contributed by atoms with Crippen molar-refractivity contribution in [2.45, 2.75) is 83.3 Å². The maximum absolute atomic E-state index is 13.9. The Labute approximate surface area is 203 Å². The normalized spacial score (nSPS) is 21.6. The second kappa shape index (κ2) is 11.2. The van der Waals surface area contributed by atoms with Gasteiger partial charge in [0.15, 0.2) is 0 Å². The van der Waals surface area contributed by atoms with Crippen LogP contribution in [-0.4, -0.2) is 52.6 Å². The molecule has 1 aliphatic carbocycles. The first-order valence-corrected chi connectivity index (χ1v) is 13.0. The molecule has 4 rings (SSSR count). The summed E-state index contributed by atoms with van der Waals surface area (Å²) < 4.78 is 7.56. The highest BCUT2D eigenvalue weighted by atomic mass is 16.5. The fraction of sp³-hybridized carbons (Fsp3) is 0.571. The number of hydrogen-bond donors (Lipinski definition) is 1. The van der Waals surface area contributed by atoms with E-state index in [1.807, 2.05) is 60.9 Å². The van der Waals surface area contributed by atoms with Gasteiger partial charge in [-0.05, 0) is 50.8 Å². The van der Waals surface area contributed by atoms with Gasteiger partial charge in [-0.2, -0.15) is 0 Å². The third-order valence-corrected chi connectivity index (χ3v) is 7.38. The van der Waals surface area contributed by atoms with Gasteiger partial charge in [0.1, 0.15) is 11.2 Å². The number of benzene rings is 1. The number of rotatable bonds is 8. The average molecular weight is 466 g/mol. The summed E-state index contributed by atoms with van der Waals surface area (Å²) in [5, 5.41) is 3.35. The van der Waals surface area contributed by atoms with Crippen LogP contribution in [0.2, 0.25) is 0 Å². The molecular weight excluding hydrogens is 426 g/mol. The van der Waals surface area contributed by atoms with E-state index in [1.54, 1.807) is 4.90 Å². The summed E-state index contributed by atoms with van der Waals surface area (Å²) in [4.78, 5) is 29.4. The summed E-state index contributed by atoms with van der Waals surface area (Å²) in [7, 11) is 0. The Morgan fingerprint density at radius 1 is 1.03 bits per heavy atom. The summed E-state index contributed by atoms with van der Waals surface area (Å²) in [6, 6.07) is 14.2. The van der Waals surface area contributed by atoms with E-state index in [4.69, 9.17) is 4.74 Å². The third-order valence-electron chi connectivity index (χ3n) is 7.38. The van der Waals surface area contributed by atoms with Gasteiger partial charge in [-0.3, -0.25) is 9.59 Å². The first-order valence-electron chi connectivity index (χ1n) is 13.0. The van der Waals surface area contributed by atoms with Crippen molar-refractivity contribution in [3.8, 4) is 11.3 Å². The molecule has 0 radical (unpaired) electrons. The molecule has 1 saturated carbocycles. The summed E-state index contributed by atoms with van der Waals surface area (Å²) in [6.45, 7) is 6.07. The molecule has 1 N–H and O–H groups in total. The summed E-state index contributed by atoms with van der Waals surface area (Å²) in [5.41, 5.74) is 1.71. The molecule has 0 saturated heterocycles. The van der Waals surface area contributed by atoms with E-state index >= 15 is 0 Å². The molecule has 2 aromatic rings. The van der Waals surface area contributed by atoms with Crippen LogP contribution >= 0.6 is 0 Å². The van der Waals surface area contributed by atoms with Gasteiger partial charge in [-0.15, -0.1) is 0 Å². The van der Waals surface area contributed by atoms with Crippen molar-refractivity contribution >= 4 is 11.8 Å². The van der Waals surface area contributed by atoms with Gasteiger partial charge in [-0.1, -0.05) is 62.4 Å². The molecule has 1 aliphatic heterocycles. The number of carbonyl (C=O) groups is 2. The van der Waals surface area contributed by atoms with Crippen molar-refractivity contribution in [2.75, 3.05) is 19.8 Å². The average Bonchev–Trinajstić information content (AvgIpc) is 3.24. The zero-order valence-corrected chi connectivity index (χ0v) is 20.7. The van der Waals surface area contributed by atoms with E-state index in [0.29, 0.717) is 38.4 Å². The molecule has 0 bridgehead atoms. The lowest BCUT2D eigenvalue weighted by molar-refractivity contribution is -0.133. The lowest BCUT2D eigenvalue weighted by Gasteiger charge is -2.45. The topological polar surface area (TPSA) is 63.6 Å². The molecule has 2 amide bonds. The van der Waals surface area contributed by atoms with Crippen molar-refractivity contribution in [1.29, 1.82) is 0 Å². The number of nitrogens with zero attached hydrogens (tertiary/aromatic N) is 2. The molecule has 6 heteroatoms. The number of fused-ring (bicyclic) bond motifs is 1. The van der Waals surface area contributed by atoms with Gasteiger partial charge < -0.3 is 19.5 Å². The second-order valence-electron chi connectivity index (χ2n) is 9.85. The first kappa shape index (κ1) is 24.5. The highest BCUT2D eigenvalue weighted by Crippen LogP contribution is 2.33. The molecule has 0 unspecified atom stereocenters. The fourth-order valence-corrected chi connectivity index (χ4v) is 5.39. The number of carbonyl (C=O) groups excluding carboxylic acids is 2. The van der Waals surface area contributed by atoms with Crippen LogP contribution in [0.15, 0.2) is 42.5 Å². The Hall–Kier alpha value is -2.60. The smallest absolute Gasteiger partial charge is 0.271 e. The highest BCUT2D eigenvalue weighted by molar-refractivity contribution is 6.00. The van der Waals surface area contributed by atoms with E-state index < -0.39 is 5.54 Å². The summed E-state index contributed by atoms with van der Waals surface area (Å²) in [5.74, 6) is -0.124. The van der Waals surface area contributed by atoms with E-state index in [0.717, 1.165) is 36.9 Å². The Bertz CT molecular complexity index is 963. The Kier molecular flexibility index (Phi) is 8.09. The lowest BCUT2D eigenvalue weighted by Crippen LogP contribution is -2.65. The van der Waals surface area contributed by atoms with Crippen LogP contribution in [0, 0.1) is 0 Å². The van der Waals surface area contributed by atoms with Crippen molar-refractivity contribution in [3.63, 3.8) is 0 Å². The van der Waals surface area contributed by atoms with Crippen LogP contribution in [0.5, 0.6) is 0 Å². The zero-order valence-electron chi connectivity index (χ0n) is 20.7. The molecule has 1 atom stereocenters. The second-order valence-corrected chi connectivity index (χ2v) is 9.85. The van der Waals surface area contributed by atoms with Crippen LogP contribution in [0.3, 0.4) is 0 Å². The van der Waals surface area contributed by atoms with E-state index in [9.17, 15) is 9.59 Å². The maximum Gasteiger partial charge on any atom is 0.271 e. The Morgan fingerprint density at radius 2 is 1.71 bits per heavy atom. The van der Waals surface area contributed by atoms with Crippen LogP contribution in [0.25, 0.3) is 11.3 Å². The summed E-state index contributed by atoms with van der Waals surface area (Å²) >= 11 is 0. The quantitative estimate of drug-likeness (QED) is 0.557. The summed E-state index contributed by atoms with van der Waals surface area (Å²) in [6.07, 6.45) is 8.81. The van der Waals surface area contributed by atoms with E-state index in [2.05, 4.69) is 5.32 Å². The highest BCUT2D eigenvalue weighted by Gasteiger charge is 2.47. The monoisotopic (exact) mass is 465 g/mol. The van der Waals surface area contributed by atoms with Gasteiger partial charge in [0.2, 0.25) is 5.91 Å². The van der Waals surface area contributed by atoms with Gasteiger partial charge in [0.05, 0.1) is 6.54 Å². The molecule has 0 spiro atoms. The largest absolute Gasteiger partial charge is 0.382 e. The Balaban J connectivity index is 1.62. The molecular formula is C28H39N3O3. The minimum absolute atomic E-state index is 0.0406. The molecule has 184 valence electrons. The molecule has 2 heterocycles. The molecule has 1 fully saturated rings. The number of ether oxygens (including phenoxy) is 1. The van der Waals surface area contributed by atoms with Crippen molar-refractivity contribution in [3.05, 3.63) is 48.2 Å². The van der Waals surface area contributed by atoms with Crippen LogP contribution in [0.1, 0.15) is 75.7 Å². The number of nitrogens with one attached hydrogen (secondary N) is 1. The molecule has 1 aromatic heterocycles. The molecule has 1 aromatic carbocycles. The van der Waals surface area contributed by atoms with E-state index in [-0.39, 0.29) is 17.9 Å². The minimum atomic E-state index is -0.957. The standard InChI is InChI=1S/C28H39N3O3/c1-3-34-20-12-19-31-26(32)25-18-17-24(22-13-8-7-9-14-22)30(25)21-28(31,2)27(33)29-23-15-10-5-4-6-11-16-23/h7-9,13-14,17-18,23H,3-6,10-12,15-16,19-21H2,1-2H3,(H,29,33)/t28-/m1/s1. The minimum Gasteiger partial charge on any atom is -0.382 e. The van der Waals surface area contributed by atoms with Crippen LogP contribution in [0.4, 0.5) is 0 Å². The molecule has 34 heavy (non-hydrogen) atoms. The van der Waals surface area contributed by atoms with E-state index in [1.165, 1.54) is 19.3 Å². The van der Waals surface area contributed by atoms with Crippen LogP contribution in [-0.2, 0) is 16.1 Å². The third kappa shape index (κ3) is 5.22. The number of hydrogen-bond acceptors (Lipinski definition) is 3. The number of amides is 2. The Morgan fingerprint density at radius 3 is 2.41 bits per heavy atom. The van der Waals surface area contributed by atoms with Crippen molar-refractivity contribution < 1.29 is 14.3 Å². The first-order chi connectivity index (χ1) is 16.5. The molecule has 2 aliphatic rings. The van der Waals surface area contributed by atoms with Gasteiger partial charge in [0.25, 0.3) is 5.91 Å². The van der Waals surface area contributed by atoms with Gasteiger partial charge in [0, 0.05) is 31.5 Å². The lowest BCUT2D eigenvalue weighted by atomic mass is 9.91. The SMILES string of the molecule is CCOCCCN1C(=O)c2ccc(-c3ccccc3)n2C[C@]1(C)C(=O)NC1CCCCCCC1. The zero-order chi connectivity index (χ0) is 24.0. The van der Waals surface area contributed by atoms with Crippen LogP contribution < -0.4 is 5.32 Å². The predicted molar refractivity (Wildman–Crippen MR) is 135 cm³/mol.